The maximum atomic E-state index is 12.5. The van der Waals surface area contributed by atoms with Gasteiger partial charge in [0.1, 0.15) is 5.52 Å². The van der Waals surface area contributed by atoms with Crippen molar-refractivity contribution in [2.24, 2.45) is 0 Å². The van der Waals surface area contributed by atoms with Gasteiger partial charge in [-0.2, -0.15) is 0 Å². The van der Waals surface area contributed by atoms with Crippen LogP contribution in [0.3, 0.4) is 0 Å². The van der Waals surface area contributed by atoms with Gasteiger partial charge in [0.05, 0.1) is 19.6 Å². The Morgan fingerprint density at radius 2 is 1.57 bits per heavy atom. The van der Waals surface area contributed by atoms with Crippen LogP contribution in [-0.2, 0) is 10.0 Å². The molecule has 1 heterocycles. The van der Waals surface area contributed by atoms with E-state index in [2.05, 4.69) is 15.0 Å². The number of benzene rings is 3. The Hall–Kier alpha value is -2.65. The highest BCUT2D eigenvalue weighted by molar-refractivity contribution is 7.92. The van der Waals surface area contributed by atoms with E-state index in [1.807, 2.05) is 0 Å². The minimum Gasteiger partial charge on any atom is -0.298 e. The Labute approximate surface area is 186 Å². The molecule has 0 aliphatic rings. The zero-order valence-electron chi connectivity index (χ0n) is 15.1. The van der Waals surface area contributed by atoms with Crippen molar-refractivity contribution in [3.05, 3.63) is 82.3 Å². The lowest BCUT2D eigenvalue weighted by Crippen LogP contribution is -2.14. The SMILES string of the molecule is O=C(Nc1nc2c(Cl)ccc(Cl)c2s1)c1ccc(NS(=O)(=O)c2ccccc2)cc1. The quantitative estimate of drug-likeness (QED) is 0.388. The van der Waals surface area contributed by atoms with Crippen molar-refractivity contribution >= 4 is 71.5 Å². The molecule has 0 spiro atoms. The number of carbonyl (C=O) groups excluding carboxylic acids is 1. The zero-order chi connectivity index (χ0) is 21.3. The Balaban J connectivity index is 1.50. The van der Waals surface area contributed by atoms with E-state index >= 15 is 0 Å². The molecule has 3 aromatic carbocycles. The van der Waals surface area contributed by atoms with E-state index in [1.54, 1.807) is 30.3 Å². The first-order valence-corrected chi connectivity index (χ1v) is 11.6. The number of rotatable bonds is 5. The molecule has 152 valence electrons. The highest BCUT2D eigenvalue weighted by Gasteiger charge is 2.16. The van der Waals surface area contributed by atoms with Crippen molar-refractivity contribution in [2.75, 3.05) is 10.0 Å². The summed E-state index contributed by atoms with van der Waals surface area (Å²) in [7, 11) is -3.70. The number of fused-ring (bicyclic) bond motifs is 1. The number of amides is 1. The molecule has 4 rings (SSSR count). The van der Waals surface area contributed by atoms with Gasteiger partial charge >= 0.3 is 0 Å². The van der Waals surface area contributed by atoms with Gasteiger partial charge in [-0.1, -0.05) is 52.7 Å². The van der Waals surface area contributed by atoms with Gasteiger partial charge in [0.15, 0.2) is 5.13 Å². The number of aromatic nitrogens is 1. The van der Waals surface area contributed by atoms with Gasteiger partial charge in [0.2, 0.25) is 0 Å². The van der Waals surface area contributed by atoms with Crippen LogP contribution in [0.2, 0.25) is 10.0 Å². The first-order chi connectivity index (χ1) is 14.3. The predicted octanol–water partition coefficient (Wildman–Crippen LogP) is 5.66. The van der Waals surface area contributed by atoms with Crippen molar-refractivity contribution in [3.63, 3.8) is 0 Å². The molecule has 0 saturated carbocycles. The fraction of sp³-hybridized carbons (Fsp3) is 0. The van der Waals surface area contributed by atoms with Gasteiger partial charge in [-0.05, 0) is 48.5 Å². The summed E-state index contributed by atoms with van der Waals surface area (Å²) < 4.78 is 27.9. The van der Waals surface area contributed by atoms with Gasteiger partial charge in [-0.25, -0.2) is 13.4 Å². The van der Waals surface area contributed by atoms with E-state index in [-0.39, 0.29) is 4.90 Å². The third-order valence-electron chi connectivity index (χ3n) is 4.12. The Morgan fingerprint density at radius 3 is 2.23 bits per heavy atom. The summed E-state index contributed by atoms with van der Waals surface area (Å²) in [4.78, 5) is 17.0. The number of thiazole rings is 1. The van der Waals surface area contributed by atoms with Crippen molar-refractivity contribution < 1.29 is 13.2 Å². The topological polar surface area (TPSA) is 88.2 Å². The van der Waals surface area contributed by atoms with Crippen LogP contribution < -0.4 is 10.0 Å². The van der Waals surface area contributed by atoms with Gasteiger partial charge in [-0.15, -0.1) is 0 Å². The summed E-state index contributed by atoms with van der Waals surface area (Å²) in [6, 6.07) is 17.4. The number of nitrogens with one attached hydrogen (secondary N) is 2. The summed E-state index contributed by atoms with van der Waals surface area (Å²) in [6.07, 6.45) is 0. The molecule has 4 aromatic rings. The van der Waals surface area contributed by atoms with Gasteiger partial charge in [0.25, 0.3) is 15.9 Å². The van der Waals surface area contributed by atoms with Crippen molar-refractivity contribution in [1.29, 1.82) is 0 Å². The molecule has 0 radical (unpaired) electrons. The molecular formula is C20H13Cl2N3O3S2. The number of hydrogen-bond acceptors (Lipinski definition) is 5. The van der Waals surface area contributed by atoms with Crippen molar-refractivity contribution in [1.82, 2.24) is 4.98 Å². The minimum absolute atomic E-state index is 0.153. The van der Waals surface area contributed by atoms with Gasteiger partial charge in [-0.3, -0.25) is 14.8 Å². The Bertz CT molecular complexity index is 1300. The molecule has 0 aliphatic carbocycles. The average molecular weight is 478 g/mol. The van der Waals surface area contributed by atoms with E-state index in [9.17, 15) is 13.2 Å². The van der Waals surface area contributed by atoms with Crippen LogP contribution >= 0.6 is 34.5 Å². The van der Waals surface area contributed by atoms with Gasteiger partial charge in [0, 0.05) is 11.3 Å². The number of hydrogen-bond donors (Lipinski definition) is 2. The summed E-state index contributed by atoms with van der Waals surface area (Å²) in [5, 5.41) is 4.02. The molecule has 0 aliphatic heterocycles. The molecule has 0 fully saturated rings. The molecule has 0 saturated heterocycles. The number of nitrogens with zero attached hydrogens (tertiary/aromatic N) is 1. The van der Waals surface area contributed by atoms with Crippen LogP contribution in [0.15, 0.2) is 71.6 Å². The molecule has 0 atom stereocenters. The monoisotopic (exact) mass is 477 g/mol. The third-order valence-corrected chi connectivity index (χ3v) is 7.25. The highest BCUT2D eigenvalue weighted by Crippen LogP contribution is 2.36. The van der Waals surface area contributed by atoms with Gasteiger partial charge < -0.3 is 0 Å². The molecule has 2 N–H and O–H groups in total. The van der Waals surface area contributed by atoms with E-state index in [0.717, 1.165) is 0 Å². The van der Waals surface area contributed by atoms with Crippen LogP contribution in [0.4, 0.5) is 10.8 Å². The molecular weight excluding hydrogens is 465 g/mol. The fourth-order valence-corrected chi connectivity index (χ4v) is 5.17. The van der Waals surface area contributed by atoms with Crippen LogP contribution in [0, 0.1) is 0 Å². The van der Waals surface area contributed by atoms with Crippen LogP contribution in [-0.4, -0.2) is 19.3 Å². The Kier molecular flexibility index (Phi) is 5.66. The van der Waals surface area contributed by atoms with E-state index in [4.69, 9.17) is 23.2 Å². The summed E-state index contributed by atoms with van der Waals surface area (Å²) in [5.74, 6) is -0.390. The molecule has 1 aromatic heterocycles. The number of carbonyl (C=O) groups is 1. The average Bonchev–Trinajstić information content (AvgIpc) is 3.17. The summed E-state index contributed by atoms with van der Waals surface area (Å²) in [6.45, 7) is 0. The van der Waals surface area contributed by atoms with Crippen LogP contribution in [0.1, 0.15) is 10.4 Å². The molecule has 0 unspecified atom stereocenters. The van der Waals surface area contributed by atoms with Crippen LogP contribution in [0.5, 0.6) is 0 Å². The fourth-order valence-electron chi connectivity index (χ4n) is 2.67. The Morgan fingerprint density at radius 1 is 0.900 bits per heavy atom. The van der Waals surface area contributed by atoms with E-state index < -0.39 is 15.9 Å². The second-order valence-electron chi connectivity index (χ2n) is 6.18. The highest BCUT2D eigenvalue weighted by atomic mass is 35.5. The molecule has 10 heteroatoms. The van der Waals surface area contributed by atoms with Crippen LogP contribution in [0.25, 0.3) is 10.2 Å². The zero-order valence-corrected chi connectivity index (χ0v) is 18.2. The molecule has 0 bridgehead atoms. The predicted molar refractivity (Wildman–Crippen MR) is 121 cm³/mol. The maximum absolute atomic E-state index is 12.5. The standard InChI is InChI=1S/C20H13Cl2N3O3S2/c21-15-10-11-16(22)18-17(15)23-20(29-18)24-19(26)12-6-8-13(9-7-12)25-30(27,28)14-4-2-1-3-5-14/h1-11,25H,(H,23,24,26). The van der Waals surface area contributed by atoms with Crippen molar-refractivity contribution in [3.8, 4) is 0 Å². The van der Waals surface area contributed by atoms with E-state index in [0.29, 0.717) is 36.6 Å². The third kappa shape index (κ3) is 4.27. The second kappa shape index (κ2) is 8.23. The molecule has 1 amide bonds. The number of anilines is 2. The van der Waals surface area contributed by atoms with E-state index in [1.165, 1.54) is 47.7 Å². The largest absolute Gasteiger partial charge is 0.298 e. The molecule has 30 heavy (non-hydrogen) atoms. The first-order valence-electron chi connectivity index (χ1n) is 8.57. The summed E-state index contributed by atoms with van der Waals surface area (Å²) >= 11 is 13.5. The second-order valence-corrected chi connectivity index (χ2v) is 9.67. The first kappa shape index (κ1) is 20.6. The minimum atomic E-state index is -3.70. The lowest BCUT2D eigenvalue weighted by atomic mass is 10.2. The summed E-state index contributed by atoms with van der Waals surface area (Å²) in [5.41, 5.74) is 1.21. The number of sulfonamides is 1. The smallest absolute Gasteiger partial charge is 0.261 e. The maximum Gasteiger partial charge on any atom is 0.261 e. The van der Waals surface area contributed by atoms with Crippen molar-refractivity contribution in [2.45, 2.75) is 4.90 Å². The lowest BCUT2D eigenvalue weighted by Gasteiger charge is -2.08. The number of halogens is 2. The lowest BCUT2D eigenvalue weighted by molar-refractivity contribution is 0.102. The normalized spacial score (nSPS) is 11.4. The molecule has 6 nitrogen and oxygen atoms in total.